The first-order valence-electron chi connectivity index (χ1n) is 7.18. The van der Waals surface area contributed by atoms with E-state index in [1.165, 1.54) is 5.56 Å². The summed E-state index contributed by atoms with van der Waals surface area (Å²) in [7, 11) is 0. The van der Waals surface area contributed by atoms with Gasteiger partial charge in [-0.3, -0.25) is 5.32 Å². The number of aliphatic hydroxyl groups excluding tert-OH is 1. The van der Waals surface area contributed by atoms with Crippen LogP contribution in [0.4, 0.5) is 0 Å². The van der Waals surface area contributed by atoms with Crippen LogP contribution in [0, 0.1) is 0 Å². The quantitative estimate of drug-likeness (QED) is 0.827. The van der Waals surface area contributed by atoms with Crippen LogP contribution in [-0.4, -0.2) is 11.5 Å². The highest BCUT2D eigenvalue weighted by Crippen LogP contribution is 2.22. The largest absolute Gasteiger partial charge is 0.451 e. The maximum Gasteiger partial charge on any atom is 0.257 e. The molecule has 2 aromatic rings. The molecule has 0 aliphatic carbocycles. The number of ether oxygens (including phenoxy) is 1. The molecule has 2 rings (SSSR count). The Morgan fingerprint density at radius 1 is 1.00 bits per heavy atom. The van der Waals surface area contributed by atoms with Crippen LogP contribution in [0.15, 0.2) is 54.6 Å². The van der Waals surface area contributed by atoms with Crippen molar-refractivity contribution in [3.8, 4) is 5.75 Å². The molecule has 3 nitrogen and oxygen atoms in total. The predicted molar refractivity (Wildman–Crippen MR) is 85.1 cm³/mol. The number of benzene rings is 2. The van der Waals surface area contributed by atoms with Crippen molar-refractivity contribution in [3.05, 3.63) is 65.7 Å². The SMILES string of the molecule is CC(C)(C)c1ccc(CNC(O)Oc2ccccc2)cc1. The fourth-order valence-electron chi connectivity index (χ4n) is 2.00. The van der Waals surface area contributed by atoms with E-state index in [-0.39, 0.29) is 5.41 Å². The highest BCUT2D eigenvalue weighted by Gasteiger charge is 2.13. The second-order valence-corrected chi connectivity index (χ2v) is 6.11. The van der Waals surface area contributed by atoms with Crippen LogP contribution in [0.2, 0.25) is 0 Å². The third-order valence-corrected chi connectivity index (χ3v) is 3.29. The summed E-state index contributed by atoms with van der Waals surface area (Å²) in [5.41, 5.74) is 2.56. The average molecular weight is 285 g/mol. The third kappa shape index (κ3) is 4.88. The summed E-state index contributed by atoms with van der Waals surface area (Å²) >= 11 is 0. The predicted octanol–water partition coefficient (Wildman–Crippen LogP) is 3.43. The van der Waals surface area contributed by atoms with Gasteiger partial charge in [0.2, 0.25) is 0 Å². The zero-order valence-electron chi connectivity index (χ0n) is 12.8. The highest BCUT2D eigenvalue weighted by atomic mass is 16.6. The van der Waals surface area contributed by atoms with Crippen LogP contribution in [0.5, 0.6) is 5.75 Å². The van der Waals surface area contributed by atoms with E-state index in [4.69, 9.17) is 4.74 Å². The van der Waals surface area contributed by atoms with Gasteiger partial charge in [-0.2, -0.15) is 0 Å². The van der Waals surface area contributed by atoms with E-state index in [9.17, 15) is 5.11 Å². The minimum absolute atomic E-state index is 0.155. The van der Waals surface area contributed by atoms with Gasteiger partial charge in [0.1, 0.15) is 5.75 Å². The smallest absolute Gasteiger partial charge is 0.257 e. The van der Waals surface area contributed by atoms with Crippen molar-refractivity contribution in [1.29, 1.82) is 0 Å². The molecule has 0 radical (unpaired) electrons. The van der Waals surface area contributed by atoms with E-state index < -0.39 is 6.41 Å². The zero-order valence-corrected chi connectivity index (χ0v) is 12.8. The molecular weight excluding hydrogens is 262 g/mol. The van der Waals surface area contributed by atoms with Crippen molar-refractivity contribution >= 4 is 0 Å². The van der Waals surface area contributed by atoms with Crippen LogP contribution < -0.4 is 10.1 Å². The molecule has 0 saturated heterocycles. The van der Waals surface area contributed by atoms with Gasteiger partial charge in [-0.15, -0.1) is 0 Å². The molecule has 21 heavy (non-hydrogen) atoms. The molecule has 0 aliphatic heterocycles. The van der Waals surface area contributed by atoms with E-state index in [0.717, 1.165) is 5.56 Å². The van der Waals surface area contributed by atoms with Crippen molar-refractivity contribution in [3.63, 3.8) is 0 Å². The molecular formula is C18H23NO2. The molecule has 0 spiro atoms. The van der Waals surface area contributed by atoms with Crippen LogP contribution in [0.1, 0.15) is 31.9 Å². The maximum absolute atomic E-state index is 9.81. The van der Waals surface area contributed by atoms with E-state index in [1.54, 1.807) is 0 Å². The minimum atomic E-state index is -1.02. The van der Waals surface area contributed by atoms with E-state index in [2.05, 4.69) is 50.4 Å². The molecule has 0 bridgehead atoms. The summed E-state index contributed by atoms with van der Waals surface area (Å²) < 4.78 is 5.36. The van der Waals surface area contributed by atoms with Gasteiger partial charge in [0.05, 0.1) is 0 Å². The summed E-state index contributed by atoms with van der Waals surface area (Å²) in [6.07, 6.45) is -1.02. The Hall–Kier alpha value is -1.84. The molecule has 3 heteroatoms. The second kappa shape index (κ2) is 6.74. The van der Waals surface area contributed by atoms with E-state index in [0.29, 0.717) is 12.3 Å². The lowest BCUT2D eigenvalue weighted by Crippen LogP contribution is -2.33. The molecule has 2 aromatic carbocycles. The standard InChI is InChI=1S/C18H23NO2/c1-18(2,3)15-11-9-14(10-12-15)13-19-17(20)21-16-7-5-4-6-8-16/h4-12,17,19-20H,13H2,1-3H3. The topological polar surface area (TPSA) is 41.5 Å². The Morgan fingerprint density at radius 3 is 2.19 bits per heavy atom. The fourth-order valence-corrected chi connectivity index (χ4v) is 2.00. The molecule has 0 fully saturated rings. The van der Waals surface area contributed by atoms with Crippen LogP contribution in [0.25, 0.3) is 0 Å². The maximum atomic E-state index is 9.81. The number of hydrogen-bond donors (Lipinski definition) is 2. The zero-order chi connectivity index (χ0) is 15.3. The monoisotopic (exact) mass is 285 g/mol. The van der Waals surface area contributed by atoms with Gasteiger partial charge >= 0.3 is 0 Å². The molecule has 0 saturated carbocycles. The second-order valence-electron chi connectivity index (χ2n) is 6.11. The number of aliphatic hydroxyl groups is 1. The van der Waals surface area contributed by atoms with Gasteiger partial charge < -0.3 is 9.84 Å². The molecule has 112 valence electrons. The lowest BCUT2D eigenvalue weighted by Gasteiger charge is -2.19. The molecule has 1 unspecified atom stereocenters. The number of rotatable bonds is 5. The molecule has 2 N–H and O–H groups in total. The third-order valence-electron chi connectivity index (χ3n) is 3.29. The molecule has 0 aliphatic rings. The fraction of sp³-hybridized carbons (Fsp3) is 0.333. The first-order valence-corrected chi connectivity index (χ1v) is 7.18. The van der Waals surface area contributed by atoms with Crippen molar-refractivity contribution < 1.29 is 9.84 Å². The Bertz CT molecular complexity index is 544. The lowest BCUT2D eigenvalue weighted by atomic mass is 9.87. The van der Waals surface area contributed by atoms with Crippen molar-refractivity contribution in [1.82, 2.24) is 5.32 Å². The Kier molecular flexibility index (Phi) is 4.99. The summed E-state index contributed by atoms with van der Waals surface area (Å²) in [5, 5.41) is 12.8. The Morgan fingerprint density at radius 2 is 1.62 bits per heavy atom. The normalized spacial score (nSPS) is 13.0. The number of para-hydroxylation sites is 1. The van der Waals surface area contributed by atoms with Crippen LogP contribution in [-0.2, 0) is 12.0 Å². The first-order chi connectivity index (χ1) is 9.95. The molecule has 0 amide bonds. The molecule has 1 atom stereocenters. The Labute approximate surface area is 126 Å². The summed E-state index contributed by atoms with van der Waals surface area (Å²) in [4.78, 5) is 0. The highest BCUT2D eigenvalue weighted by molar-refractivity contribution is 5.27. The average Bonchev–Trinajstić information content (AvgIpc) is 2.46. The van der Waals surface area contributed by atoms with Crippen LogP contribution >= 0.6 is 0 Å². The molecule has 0 heterocycles. The lowest BCUT2D eigenvalue weighted by molar-refractivity contribution is -0.0453. The molecule has 0 aromatic heterocycles. The summed E-state index contributed by atoms with van der Waals surface area (Å²) in [6, 6.07) is 17.7. The van der Waals surface area contributed by atoms with Gasteiger partial charge in [-0.05, 0) is 28.7 Å². The van der Waals surface area contributed by atoms with E-state index in [1.807, 2.05) is 30.3 Å². The van der Waals surface area contributed by atoms with Crippen molar-refractivity contribution in [2.75, 3.05) is 0 Å². The van der Waals surface area contributed by atoms with E-state index >= 15 is 0 Å². The van der Waals surface area contributed by atoms with Crippen molar-refractivity contribution in [2.45, 2.75) is 39.1 Å². The Balaban J connectivity index is 1.85. The van der Waals surface area contributed by atoms with Gasteiger partial charge in [0, 0.05) is 6.54 Å². The van der Waals surface area contributed by atoms with Crippen molar-refractivity contribution in [2.24, 2.45) is 0 Å². The number of nitrogens with one attached hydrogen (secondary N) is 1. The van der Waals surface area contributed by atoms with Gasteiger partial charge in [0.25, 0.3) is 6.41 Å². The van der Waals surface area contributed by atoms with Crippen LogP contribution in [0.3, 0.4) is 0 Å². The number of hydrogen-bond acceptors (Lipinski definition) is 3. The first kappa shape index (κ1) is 15.5. The van der Waals surface area contributed by atoms with Gasteiger partial charge in [-0.25, -0.2) is 0 Å². The minimum Gasteiger partial charge on any atom is -0.451 e. The van der Waals surface area contributed by atoms with Gasteiger partial charge in [-0.1, -0.05) is 63.2 Å². The van der Waals surface area contributed by atoms with Gasteiger partial charge in [0.15, 0.2) is 0 Å². The summed E-state index contributed by atoms with van der Waals surface area (Å²) in [6.45, 7) is 7.13. The summed E-state index contributed by atoms with van der Waals surface area (Å²) in [5.74, 6) is 0.639.